The van der Waals surface area contributed by atoms with Gasteiger partial charge in [0.25, 0.3) is 5.91 Å². The van der Waals surface area contributed by atoms with Crippen molar-refractivity contribution in [2.75, 3.05) is 9.96 Å². The van der Waals surface area contributed by atoms with E-state index in [1.807, 2.05) is 30.3 Å². The predicted molar refractivity (Wildman–Crippen MR) is 145 cm³/mol. The van der Waals surface area contributed by atoms with Gasteiger partial charge >= 0.3 is 10.1 Å². The van der Waals surface area contributed by atoms with E-state index in [4.69, 9.17) is 20.6 Å². The minimum absolute atomic E-state index is 0.0348. The second kappa shape index (κ2) is 9.85. The largest absolute Gasteiger partial charge is 0.379 e. The maximum Gasteiger partial charge on any atom is 0.339 e. The summed E-state index contributed by atoms with van der Waals surface area (Å²) in [5, 5.41) is 1.96. The Morgan fingerprint density at radius 1 is 0.744 bits per heavy atom. The number of anilines is 2. The number of para-hydroxylation sites is 1. The van der Waals surface area contributed by atoms with Crippen LogP contribution in [-0.4, -0.2) is 26.3 Å². The molecule has 10 heteroatoms. The third-order valence-corrected chi connectivity index (χ3v) is 8.15. The molecule has 0 radical (unpaired) electrons. The lowest BCUT2D eigenvalue weighted by Gasteiger charge is -2.28. The van der Waals surface area contributed by atoms with Crippen LogP contribution in [0.25, 0.3) is 0 Å². The van der Waals surface area contributed by atoms with Crippen LogP contribution in [0.15, 0.2) is 114 Å². The molecular weight excluding hydrogens is 540 g/mol. The highest BCUT2D eigenvalue weighted by Gasteiger charge is 2.60. The van der Waals surface area contributed by atoms with E-state index in [1.165, 1.54) is 24.3 Å². The van der Waals surface area contributed by atoms with Crippen molar-refractivity contribution < 1.29 is 27.0 Å². The maximum absolute atomic E-state index is 13.7. The molecule has 2 fully saturated rings. The Kier molecular flexibility index (Phi) is 6.34. The van der Waals surface area contributed by atoms with Crippen molar-refractivity contribution in [1.82, 2.24) is 0 Å². The summed E-state index contributed by atoms with van der Waals surface area (Å²) in [5.41, 5.74) is 1.68. The molecule has 2 amide bonds. The average molecular weight is 561 g/mol. The number of halogens is 1. The zero-order chi connectivity index (χ0) is 27.1. The molecule has 2 heterocycles. The Bertz CT molecular complexity index is 1650. The lowest BCUT2D eigenvalue weighted by molar-refractivity contribution is -0.126. The molecule has 0 bridgehead atoms. The number of hydrogen-bond donors (Lipinski definition) is 0. The highest BCUT2D eigenvalue weighted by atomic mass is 35.5. The van der Waals surface area contributed by atoms with E-state index in [9.17, 15) is 18.0 Å². The fourth-order valence-corrected chi connectivity index (χ4v) is 6.04. The van der Waals surface area contributed by atoms with E-state index in [0.717, 1.165) is 4.90 Å². The van der Waals surface area contributed by atoms with Gasteiger partial charge < -0.3 is 4.18 Å². The van der Waals surface area contributed by atoms with Crippen LogP contribution >= 0.6 is 11.6 Å². The van der Waals surface area contributed by atoms with Crippen LogP contribution in [0.2, 0.25) is 5.02 Å². The number of nitrogens with zero attached hydrogens (tertiary/aromatic N) is 2. The number of hydroxylamine groups is 1. The number of hydrogen-bond acceptors (Lipinski definition) is 7. The number of amides is 2. The zero-order valence-corrected chi connectivity index (χ0v) is 21.8. The number of carbonyl (C=O) groups excluding carboxylic acids is 2. The Morgan fingerprint density at radius 3 is 2.05 bits per heavy atom. The fraction of sp³-hybridized carbons (Fsp3) is 0.103. The molecule has 0 saturated carbocycles. The number of carbonyl (C=O) groups is 2. The molecule has 0 N–H and O–H groups in total. The first-order chi connectivity index (χ1) is 18.8. The first-order valence-electron chi connectivity index (χ1n) is 12.1. The molecule has 39 heavy (non-hydrogen) atoms. The third-order valence-electron chi connectivity index (χ3n) is 6.65. The molecule has 2 saturated heterocycles. The van der Waals surface area contributed by atoms with Gasteiger partial charge in [-0.05, 0) is 60.2 Å². The summed E-state index contributed by atoms with van der Waals surface area (Å²) in [6.07, 6.45) is -1.05. The molecule has 8 nitrogen and oxygen atoms in total. The summed E-state index contributed by atoms with van der Waals surface area (Å²) in [6.45, 7) is 0. The smallest absolute Gasteiger partial charge is 0.339 e. The molecule has 0 aromatic heterocycles. The zero-order valence-electron chi connectivity index (χ0n) is 20.3. The van der Waals surface area contributed by atoms with Crippen molar-refractivity contribution >= 4 is 44.9 Å². The number of imide groups is 1. The van der Waals surface area contributed by atoms with E-state index >= 15 is 0 Å². The van der Waals surface area contributed by atoms with E-state index in [2.05, 4.69) is 0 Å². The molecule has 4 aromatic carbocycles. The molecule has 0 spiro atoms. The van der Waals surface area contributed by atoms with Crippen molar-refractivity contribution in [3.8, 4) is 5.75 Å². The monoisotopic (exact) mass is 560 g/mol. The van der Waals surface area contributed by atoms with Gasteiger partial charge in [-0.15, -0.1) is 0 Å². The number of benzene rings is 4. The summed E-state index contributed by atoms with van der Waals surface area (Å²) in [4.78, 5) is 34.4. The van der Waals surface area contributed by atoms with Gasteiger partial charge in [0, 0.05) is 5.02 Å². The second-order valence-corrected chi connectivity index (χ2v) is 11.1. The van der Waals surface area contributed by atoms with E-state index in [0.29, 0.717) is 22.0 Å². The first-order valence-corrected chi connectivity index (χ1v) is 13.9. The quantitative estimate of drug-likeness (QED) is 0.237. The van der Waals surface area contributed by atoms with Crippen LogP contribution in [0.3, 0.4) is 0 Å². The van der Waals surface area contributed by atoms with E-state index in [-0.39, 0.29) is 10.6 Å². The summed E-state index contributed by atoms with van der Waals surface area (Å²) in [6, 6.07) is 29.2. The van der Waals surface area contributed by atoms with Gasteiger partial charge in [-0.1, -0.05) is 66.2 Å². The summed E-state index contributed by atoms with van der Waals surface area (Å²) >= 11 is 6.12. The van der Waals surface area contributed by atoms with Crippen LogP contribution in [-0.2, 0) is 24.5 Å². The molecule has 0 aliphatic carbocycles. The summed E-state index contributed by atoms with van der Waals surface area (Å²) in [5.74, 6) is -1.64. The molecule has 196 valence electrons. The highest BCUT2D eigenvalue weighted by Crippen LogP contribution is 2.48. The lowest BCUT2D eigenvalue weighted by atomic mass is 9.90. The molecule has 6 rings (SSSR count). The topological polar surface area (TPSA) is 93.2 Å². The first kappa shape index (κ1) is 25.1. The molecule has 3 atom stereocenters. The van der Waals surface area contributed by atoms with Gasteiger partial charge in [-0.3, -0.25) is 14.4 Å². The average Bonchev–Trinajstić information content (AvgIpc) is 3.45. The maximum atomic E-state index is 13.7. The standard InChI is InChI=1S/C29H21ClN2O6S/c30-20-8-7-11-22(18-20)31-28(33)25-26(32(37-27(25)29(31)34)21-9-3-1-4-10-21)19-14-16-23(17-15-19)38-39(35,36)24-12-5-2-6-13-24/h1-18,25-27H/t25-,26+,27-/m1/s1. The SMILES string of the molecule is O=C1[C@H]2[C@@H](ON(c3ccccc3)[C@H]2c2ccc(OS(=O)(=O)c3ccccc3)cc2)C(=O)N1c1cccc(Cl)c1. The van der Waals surface area contributed by atoms with Gasteiger partial charge in [0.05, 0.1) is 17.4 Å². The molecule has 2 aliphatic rings. The van der Waals surface area contributed by atoms with Crippen molar-refractivity contribution in [2.24, 2.45) is 5.92 Å². The Labute approximate surface area is 230 Å². The van der Waals surface area contributed by atoms with Gasteiger partial charge in [0.15, 0.2) is 6.10 Å². The van der Waals surface area contributed by atoms with Crippen molar-refractivity contribution in [1.29, 1.82) is 0 Å². The molecular formula is C29H21ClN2O6S. The normalized spacial score (nSPS) is 20.8. The van der Waals surface area contributed by atoms with Gasteiger partial charge in [0.1, 0.15) is 16.6 Å². The second-order valence-electron chi connectivity index (χ2n) is 9.07. The fourth-order valence-electron chi connectivity index (χ4n) is 4.90. The van der Waals surface area contributed by atoms with E-state index < -0.39 is 40.0 Å². The van der Waals surface area contributed by atoms with Crippen LogP contribution in [0.4, 0.5) is 11.4 Å². The van der Waals surface area contributed by atoms with Crippen molar-refractivity contribution in [2.45, 2.75) is 17.0 Å². The highest BCUT2D eigenvalue weighted by molar-refractivity contribution is 7.87. The van der Waals surface area contributed by atoms with Crippen LogP contribution in [0.5, 0.6) is 5.75 Å². The Balaban J connectivity index is 1.35. The molecule has 0 unspecified atom stereocenters. The van der Waals surface area contributed by atoms with Crippen LogP contribution < -0.4 is 14.1 Å². The minimum Gasteiger partial charge on any atom is -0.379 e. The lowest BCUT2D eigenvalue weighted by Crippen LogP contribution is -2.37. The molecule has 4 aromatic rings. The van der Waals surface area contributed by atoms with Gasteiger partial charge in [-0.25, -0.2) is 9.96 Å². The Morgan fingerprint density at radius 2 is 1.38 bits per heavy atom. The molecule has 2 aliphatic heterocycles. The minimum atomic E-state index is -4.02. The summed E-state index contributed by atoms with van der Waals surface area (Å²) in [7, 11) is -4.02. The van der Waals surface area contributed by atoms with E-state index in [1.54, 1.807) is 59.7 Å². The number of fused-ring (bicyclic) bond motifs is 1. The predicted octanol–water partition coefficient (Wildman–Crippen LogP) is 5.16. The third kappa shape index (κ3) is 4.54. The number of rotatable bonds is 6. The van der Waals surface area contributed by atoms with Crippen LogP contribution in [0, 0.1) is 5.92 Å². The van der Waals surface area contributed by atoms with Crippen molar-refractivity contribution in [3.05, 3.63) is 120 Å². The van der Waals surface area contributed by atoms with Gasteiger partial charge in [-0.2, -0.15) is 8.42 Å². The van der Waals surface area contributed by atoms with Crippen LogP contribution in [0.1, 0.15) is 11.6 Å². The van der Waals surface area contributed by atoms with Gasteiger partial charge in [0.2, 0.25) is 5.91 Å². The Hall–Kier alpha value is -4.18. The van der Waals surface area contributed by atoms with Crippen molar-refractivity contribution in [3.63, 3.8) is 0 Å². The summed E-state index contributed by atoms with van der Waals surface area (Å²) < 4.78 is 30.6.